The molecule has 0 spiro atoms. The summed E-state index contributed by atoms with van der Waals surface area (Å²) in [5.41, 5.74) is 12.6. The minimum atomic E-state index is 0.653. The van der Waals surface area contributed by atoms with Crippen LogP contribution in [0.25, 0.3) is 21.8 Å². The Morgan fingerprint density at radius 2 is 1.03 bits per heavy atom. The second kappa shape index (κ2) is 18.2. The quantitative estimate of drug-likeness (QED) is 0.129. The molecule has 9 heteroatoms. The van der Waals surface area contributed by atoms with Crippen molar-refractivity contribution in [3.8, 4) is 0 Å². The van der Waals surface area contributed by atoms with E-state index < -0.39 is 0 Å². The molecule has 0 bridgehead atoms. The number of anilines is 5. The molecule has 304 valence electrons. The first-order chi connectivity index (χ1) is 29.4. The first-order valence-electron chi connectivity index (χ1n) is 21.4. The third-order valence-electron chi connectivity index (χ3n) is 12.1. The molecular formula is C51H54N8S. The Morgan fingerprint density at radius 1 is 0.533 bits per heavy atom. The molecule has 9 rings (SSSR count). The van der Waals surface area contributed by atoms with Crippen LogP contribution in [-0.4, -0.2) is 90.3 Å². The second-order valence-corrected chi connectivity index (χ2v) is 16.6. The van der Waals surface area contributed by atoms with E-state index in [-0.39, 0.29) is 0 Å². The van der Waals surface area contributed by atoms with Crippen LogP contribution in [0.3, 0.4) is 0 Å². The number of aromatic nitrogens is 2. The van der Waals surface area contributed by atoms with E-state index in [1.165, 1.54) is 33.3 Å². The maximum absolute atomic E-state index is 6.20. The van der Waals surface area contributed by atoms with E-state index in [0.29, 0.717) is 5.11 Å². The smallest absolute Gasteiger partial charge is 0.182 e. The van der Waals surface area contributed by atoms with E-state index in [4.69, 9.17) is 22.2 Å². The highest BCUT2D eigenvalue weighted by Gasteiger charge is 2.21. The van der Waals surface area contributed by atoms with E-state index in [9.17, 15) is 0 Å². The monoisotopic (exact) mass is 810 g/mol. The summed E-state index contributed by atoms with van der Waals surface area (Å²) in [5, 5.41) is 6.74. The van der Waals surface area contributed by atoms with Gasteiger partial charge >= 0.3 is 0 Å². The SMILES string of the molecule is Cc1ccc2c(N3CCN(CCc4cccc(NC(=S)N(c5ccccc5)c5cccc(CCN6CCN(c7cccc8nc(C)ccc78)CC6)c5)c4)CC3)cccc2n1. The summed E-state index contributed by atoms with van der Waals surface area (Å²) >= 11 is 6.20. The van der Waals surface area contributed by atoms with Gasteiger partial charge in [-0.1, -0.05) is 54.6 Å². The highest BCUT2D eigenvalue weighted by molar-refractivity contribution is 7.80. The Balaban J connectivity index is 0.804. The van der Waals surface area contributed by atoms with Gasteiger partial charge in [-0.15, -0.1) is 0 Å². The Bertz CT molecular complexity index is 2580. The lowest BCUT2D eigenvalue weighted by molar-refractivity contribution is 0.261. The topological polar surface area (TPSA) is 54.0 Å². The maximum atomic E-state index is 6.20. The summed E-state index contributed by atoms with van der Waals surface area (Å²) in [6, 6.07) is 49.7. The molecule has 60 heavy (non-hydrogen) atoms. The number of thiocarbonyl (C=S) groups is 1. The number of rotatable bonds is 11. The van der Waals surface area contributed by atoms with Crippen molar-refractivity contribution >= 4 is 67.6 Å². The van der Waals surface area contributed by atoms with E-state index in [2.05, 4.69) is 183 Å². The van der Waals surface area contributed by atoms with Crippen LogP contribution in [0.1, 0.15) is 22.5 Å². The van der Waals surface area contributed by atoms with Crippen molar-refractivity contribution in [2.24, 2.45) is 0 Å². The zero-order chi connectivity index (χ0) is 40.8. The Kier molecular flexibility index (Phi) is 12.0. The molecule has 8 nitrogen and oxygen atoms in total. The molecule has 2 aliphatic heterocycles. The Hall–Kier alpha value is -5.87. The largest absolute Gasteiger partial charge is 0.368 e. The lowest BCUT2D eigenvalue weighted by Crippen LogP contribution is -2.47. The van der Waals surface area contributed by atoms with Crippen LogP contribution in [0, 0.1) is 13.8 Å². The second-order valence-electron chi connectivity index (χ2n) is 16.2. The molecule has 5 aromatic carbocycles. The minimum absolute atomic E-state index is 0.653. The number of nitrogens with zero attached hydrogens (tertiary/aromatic N) is 7. The van der Waals surface area contributed by atoms with Gasteiger partial charge in [0, 0.05) is 116 Å². The van der Waals surface area contributed by atoms with Gasteiger partial charge in [0.25, 0.3) is 0 Å². The number of fused-ring (bicyclic) bond motifs is 2. The van der Waals surface area contributed by atoms with Crippen molar-refractivity contribution in [2.45, 2.75) is 26.7 Å². The Morgan fingerprint density at radius 3 is 1.60 bits per heavy atom. The van der Waals surface area contributed by atoms with Crippen LogP contribution in [0.4, 0.5) is 28.4 Å². The molecule has 0 unspecified atom stereocenters. The lowest BCUT2D eigenvalue weighted by atomic mass is 10.1. The number of pyridine rings is 2. The van der Waals surface area contributed by atoms with E-state index in [0.717, 1.165) is 118 Å². The summed E-state index contributed by atoms with van der Waals surface area (Å²) < 4.78 is 0. The Labute approximate surface area is 360 Å². The third-order valence-corrected chi connectivity index (χ3v) is 12.4. The van der Waals surface area contributed by atoms with Crippen molar-refractivity contribution in [2.75, 3.05) is 85.5 Å². The van der Waals surface area contributed by atoms with Gasteiger partial charge in [0.15, 0.2) is 5.11 Å². The number of para-hydroxylation sites is 1. The van der Waals surface area contributed by atoms with Crippen LogP contribution in [0.2, 0.25) is 0 Å². The summed E-state index contributed by atoms with van der Waals surface area (Å²) in [7, 11) is 0. The van der Waals surface area contributed by atoms with Crippen molar-refractivity contribution in [1.29, 1.82) is 0 Å². The number of hydrogen-bond donors (Lipinski definition) is 1. The number of piperazine rings is 2. The summed E-state index contributed by atoms with van der Waals surface area (Å²) in [5.74, 6) is 0. The van der Waals surface area contributed by atoms with Gasteiger partial charge in [-0.25, -0.2) is 0 Å². The van der Waals surface area contributed by atoms with Gasteiger partial charge in [0.05, 0.1) is 11.0 Å². The van der Waals surface area contributed by atoms with Crippen molar-refractivity contribution in [1.82, 2.24) is 19.8 Å². The van der Waals surface area contributed by atoms with Gasteiger partial charge in [-0.3, -0.25) is 24.7 Å². The molecule has 0 atom stereocenters. The molecule has 4 heterocycles. The molecule has 2 aliphatic rings. The molecule has 2 fully saturated rings. The number of benzene rings is 5. The van der Waals surface area contributed by atoms with Gasteiger partial charge in [-0.2, -0.15) is 0 Å². The molecule has 7 aromatic rings. The average molecular weight is 811 g/mol. The number of aryl methyl sites for hydroxylation is 2. The van der Waals surface area contributed by atoms with Gasteiger partial charge in [0.1, 0.15) is 0 Å². The molecule has 0 saturated carbocycles. The zero-order valence-corrected chi connectivity index (χ0v) is 35.6. The van der Waals surface area contributed by atoms with Crippen molar-refractivity contribution in [3.63, 3.8) is 0 Å². The maximum Gasteiger partial charge on any atom is 0.182 e. The highest BCUT2D eigenvalue weighted by atomic mass is 32.1. The van der Waals surface area contributed by atoms with Crippen LogP contribution < -0.4 is 20.0 Å². The molecule has 2 saturated heterocycles. The zero-order valence-electron chi connectivity index (χ0n) is 34.8. The molecule has 0 aliphatic carbocycles. The third kappa shape index (κ3) is 9.14. The summed E-state index contributed by atoms with van der Waals surface area (Å²) in [6.45, 7) is 14.4. The first-order valence-corrected chi connectivity index (χ1v) is 21.9. The van der Waals surface area contributed by atoms with Gasteiger partial charge in [0.2, 0.25) is 0 Å². The lowest BCUT2D eigenvalue weighted by Gasteiger charge is -2.36. The fraction of sp³-hybridized carbons (Fsp3) is 0.275. The summed E-state index contributed by atoms with van der Waals surface area (Å²) in [6.07, 6.45) is 1.96. The standard InChI is InChI=1S/C51H54N8S/c1-38-20-22-45-47(52-38)16-8-18-49(45)57-32-28-55(29-33-57)26-24-40-10-6-12-42(36-40)54-51(60)59(43-13-4-3-5-14-43)44-15-7-11-41(37-44)25-27-56-30-34-58(35-31-56)50-19-9-17-48-46(50)23-21-39(2)53-48/h3-23,36-37H,24-35H2,1-2H3,(H,54,60). The van der Waals surface area contributed by atoms with Gasteiger partial charge < -0.3 is 15.1 Å². The molecular weight excluding hydrogens is 757 g/mol. The average Bonchev–Trinajstić information content (AvgIpc) is 3.28. The van der Waals surface area contributed by atoms with E-state index in [1.54, 1.807) is 0 Å². The van der Waals surface area contributed by atoms with E-state index >= 15 is 0 Å². The van der Waals surface area contributed by atoms with Crippen molar-refractivity contribution < 1.29 is 0 Å². The van der Waals surface area contributed by atoms with Gasteiger partial charge in [-0.05, 0) is 135 Å². The molecule has 0 radical (unpaired) electrons. The predicted molar refractivity (Wildman–Crippen MR) is 255 cm³/mol. The molecule has 1 N–H and O–H groups in total. The first kappa shape index (κ1) is 39.6. The normalized spacial score (nSPS) is 15.1. The van der Waals surface area contributed by atoms with Crippen molar-refractivity contribution in [3.05, 3.63) is 162 Å². The van der Waals surface area contributed by atoms with Crippen LogP contribution >= 0.6 is 12.2 Å². The number of hydrogen-bond acceptors (Lipinski definition) is 7. The highest BCUT2D eigenvalue weighted by Crippen LogP contribution is 2.30. The minimum Gasteiger partial charge on any atom is -0.368 e. The summed E-state index contributed by atoms with van der Waals surface area (Å²) in [4.78, 5) is 21.9. The fourth-order valence-corrected chi connectivity index (χ4v) is 9.16. The number of nitrogens with one attached hydrogen (secondary N) is 1. The predicted octanol–water partition coefficient (Wildman–Crippen LogP) is 9.66. The molecule has 2 aromatic heterocycles. The van der Waals surface area contributed by atoms with Crippen LogP contribution in [0.5, 0.6) is 0 Å². The molecule has 0 amide bonds. The van der Waals surface area contributed by atoms with Crippen LogP contribution in [0.15, 0.2) is 140 Å². The fourth-order valence-electron chi connectivity index (χ4n) is 8.83. The van der Waals surface area contributed by atoms with Crippen LogP contribution in [-0.2, 0) is 12.8 Å². The van der Waals surface area contributed by atoms with E-state index in [1.807, 2.05) is 0 Å².